The van der Waals surface area contributed by atoms with E-state index in [4.69, 9.17) is 0 Å². The fourth-order valence-electron chi connectivity index (χ4n) is 3.57. The number of aromatic hydroxyl groups is 1. The van der Waals surface area contributed by atoms with Gasteiger partial charge in [-0.05, 0) is 60.7 Å². The van der Waals surface area contributed by atoms with E-state index in [0.29, 0.717) is 0 Å². The Kier molecular flexibility index (Phi) is 8.28. The Bertz CT molecular complexity index is 1650. The number of hydrogen-bond acceptors (Lipinski definition) is 10. The number of benzene rings is 4. The van der Waals surface area contributed by atoms with Crippen LogP contribution in [0.15, 0.2) is 118 Å². The standard InChI is InChI=1S/C29H22F3N9O/c30-29(31,32)20-8-7-13-23(17-20)39-40-24-14-15-25(42)19(16-24)18-33-41-28-37-26(34-21-9-3-1-4-10-21)36-27(38-28)35-22-11-5-2-6-12-22/h1-18,42H,(H3,34,35,36,37,38,41). The molecule has 4 aromatic carbocycles. The number of rotatable bonds is 9. The van der Waals surface area contributed by atoms with E-state index in [0.717, 1.165) is 23.5 Å². The lowest BCUT2D eigenvalue weighted by molar-refractivity contribution is -0.137. The molecular weight excluding hydrogens is 547 g/mol. The highest BCUT2D eigenvalue weighted by atomic mass is 19.4. The van der Waals surface area contributed by atoms with Crippen LogP contribution < -0.4 is 16.1 Å². The molecule has 42 heavy (non-hydrogen) atoms. The zero-order valence-corrected chi connectivity index (χ0v) is 21.7. The normalized spacial score (nSPS) is 11.6. The minimum atomic E-state index is -4.49. The van der Waals surface area contributed by atoms with E-state index < -0.39 is 11.7 Å². The van der Waals surface area contributed by atoms with Crippen LogP contribution in [0.4, 0.5) is 53.8 Å². The number of hydrogen-bond donors (Lipinski definition) is 4. The molecule has 4 N–H and O–H groups in total. The number of anilines is 5. The Morgan fingerprint density at radius 1 is 0.643 bits per heavy atom. The molecule has 0 saturated heterocycles. The number of azo groups is 1. The molecule has 0 aliphatic heterocycles. The van der Waals surface area contributed by atoms with Gasteiger partial charge in [-0.25, -0.2) is 5.43 Å². The summed E-state index contributed by atoms with van der Waals surface area (Å²) in [6.45, 7) is 0. The van der Waals surface area contributed by atoms with Gasteiger partial charge in [-0.3, -0.25) is 0 Å². The monoisotopic (exact) mass is 569 g/mol. The van der Waals surface area contributed by atoms with E-state index in [2.05, 4.69) is 46.3 Å². The van der Waals surface area contributed by atoms with Crippen LogP contribution in [-0.2, 0) is 6.18 Å². The number of halogens is 3. The van der Waals surface area contributed by atoms with Crippen LogP contribution in [0.3, 0.4) is 0 Å². The summed E-state index contributed by atoms with van der Waals surface area (Å²) in [5, 5.41) is 28.5. The quantitative estimate of drug-likeness (QED) is 0.0805. The average molecular weight is 570 g/mol. The van der Waals surface area contributed by atoms with Crippen molar-refractivity contribution in [2.24, 2.45) is 15.3 Å². The van der Waals surface area contributed by atoms with Crippen molar-refractivity contribution in [3.63, 3.8) is 0 Å². The lowest BCUT2D eigenvalue weighted by Crippen LogP contribution is -2.07. The molecule has 0 fully saturated rings. The number of phenols is 1. The maximum atomic E-state index is 13.0. The molecule has 0 aliphatic rings. The smallest absolute Gasteiger partial charge is 0.416 e. The fraction of sp³-hybridized carbons (Fsp3) is 0.0345. The molecule has 0 radical (unpaired) electrons. The van der Waals surface area contributed by atoms with Gasteiger partial charge in [-0.1, -0.05) is 42.5 Å². The Hall–Kier alpha value is -5.85. The molecule has 210 valence electrons. The van der Waals surface area contributed by atoms with Gasteiger partial charge in [0.2, 0.25) is 17.8 Å². The molecule has 0 bridgehead atoms. The highest BCUT2D eigenvalue weighted by Crippen LogP contribution is 2.32. The van der Waals surface area contributed by atoms with Gasteiger partial charge in [0.15, 0.2) is 0 Å². The minimum Gasteiger partial charge on any atom is -0.507 e. The highest BCUT2D eigenvalue weighted by Gasteiger charge is 2.30. The number of nitrogens with zero attached hydrogens (tertiary/aromatic N) is 6. The van der Waals surface area contributed by atoms with E-state index in [1.165, 1.54) is 36.5 Å². The van der Waals surface area contributed by atoms with Crippen LogP contribution in [0.5, 0.6) is 5.75 Å². The summed E-state index contributed by atoms with van der Waals surface area (Å²) in [7, 11) is 0. The zero-order chi connectivity index (χ0) is 29.4. The van der Waals surface area contributed by atoms with Crippen molar-refractivity contribution in [2.45, 2.75) is 6.18 Å². The summed E-state index contributed by atoms with van der Waals surface area (Å²) < 4.78 is 38.9. The lowest BCUT2D eigenvalue weighted by Gasteiger charge is -2.10. The molecular formula is C29H22F3N9O. The number of phenolic OH excluding ortho intramolecular Hbond substituents is 1. The molecule has 1 heterocycles. The number of alkyl halides is 3. The van der Waals surface area contributed by atoms with E-state index in [1.807, 2.05) is 60.7 Å². The number of nitrogens with one attached hydrogen (secondary N) is 3. The van der Waals surface area contributed by atoms with Crippen molar-refractivity contribution in [3.8, 4) is 5.75 Å². The third-order valence-electron chi connectivity index (χ3n) is 5.53. The molecule has 13 heteroatoms. The van der Waals surface area contributed by atoms with Crippen LogP contribution in [0.1, 0.15) is 11.1 Å². The van der Waals surface area contributed by atoms with Crippen molar-refractivity contribution in [1.29, 1.82) is 0 Å². The first kappa shape index (κ1) is 27.7. The summed E-state index contributed by atoms with van der Waals surface area (Å²) in [5.41, 5.74) is 4.02. The highest BCUT2D eigenvalue weighted by molar-refractivity contribution is 5.85. The second kappa shape index (κ2) is 12.6. The molecule has 0 amide bonds. The van der Waals surface area contributed by atoms with Gasteiger partial charge in [0, 0.05) is 16.9 Å². The lowest BCUT2D eigenvalue weighted by atomic mass is 10.2. The van der Waals surface area contributed by atoms with Crippen LogP contribution >= 0.6 is 0 Å². The largest absolute Gasteiger partial charge is 0.507 e. The van der Waals surface area contributed by atoms with Gasteiger partial charge >= 0.3 is 6.18 Å². The Labute approximate surface area is 237 Å². The van der Waals surface area contributed by atoms with Gasteiger partial charge in [0.25, 0.3) is 0 Å². The van der Waals surface area contributed by atoms with Gasteiger partial charge in [-0.2, -0.15) is 43.5 Å². The van der Waals surface area contributed by atoms with E-state index >= 15 is 0 Å². The van der Waals surface area contributed by atoms with Crippen LogP contribution in [0.25, 0.3) is 0 Å². The third kappa shape index (κ3) is 7.63. The maximum absolute atomic E-state index is 13.0. The van der Waals surface area contributed by atoms with E-state index in [-0.39, 0.29) is 40.5 Å². The predicted octanol–water partition coefficient (Wildman–Crippen LogP) is 7.94. The number of aromatic nitrogens is 3. The van der Waals surface area contributed by atoms with Crippen molar-refractivity contribution in [2.75, 3.05) is 16.1 Å². The maximum Gasteiger partial charge on any atom is 0.416 e. The molecule has 10 nitrogen and oxygen atoms in total. The van der Waals surface area contributed by atoms with Gasteiger partial charge in [-0.15, -0.1) is 0 Å². The predicted molar refractivity (Wildman–Crippen MR) is 154 cm³/mol. The Morgan fingerprint density at radius 2 is 1.21 bits per heavy atom. The molecule has 5 rings (SSSR count). The molecule has 1 aromatic heterocycles. The second-order valence-electron chi connectivity index (χ2n) is 8.65. The van der Waals surface area contributed by atoms with E-state index in [9.17, 15) is 18.3 Å². The first-order chi connectivity index (χ1) is 20.3. The fourth-order valence-corrected chi connectivity index (χ4v) is 3.57. The molecule has 0 saturated carbocycles. The van der Waals surface area contributed by atoms with Gasteiger partial charge in [0.1, 0.15) is 5.75 Å². The Balaban J connectivity index is 1.34. The van der Waals surface area contributed by atoms with Crippen molar-refractivity contribution in [3.05, 3.63) is 114 Å². The summed E-state index contributed by atoms with van der Waals surface area (Å²) in [5.74, 6) is 0.518. The first-order valence-electron chi connectivity index (χ1n) is 12.4. The van der Waals surface area contributed by atoms with Crippen molar-refractivity contribution < 1.29 is 18.3 Å². The zero-order valence-electron chi connectivity index (χ0n) is 21.7. The second-order valence-corrected chi connectivity index (χ2v) is 8.65. The van der Waals surface area contributed by atoms with Gasteiger partial charge < -0.3 is 15.7 Å². The van der Waals surface area contributed by atoms with E-state index in [1.54, 1.807) is 0 Å². The molecule has 5 aromatic rings. The molecule has 0 aliphatic carbocycles. The Morgan fingerprint density at radius 3 is 1.81 bits per heavy atom. The summed E-state index contributed by atoms with van der Waals surface area (Å²) in [6.07, 6.45) is -3.17. The summed E-state index contributed by atoms with van der Waals surface area (Å²) in [6, 6.07) is 27.5. The SMILES string of the molecule is Oc1ccc(N=Nc2cccc(C(F)(F)F)c2)cc1C=NNc1nc(Nc2ccccc2)nc(Nc2ccccc2)n1. The van der Waals surface area contributed by atoms with Crippen molar-refractivity contribution >= 4 is 46.8 Å². The van der Waals surface area contributed by atoms with Crippen LogP contribution in [-0.4, -0.2) is 26.3 Å². The molecule has 0 unspecified atom stereocenters. The third-order valence-corrected chi connectivity index (χ3v) is 5.53. The topological polar surface area (TPSA) is 132 Å². The summed E-state index contributed by atoms with van der Waals surface area (Å²) >= 11 is 0. The van der Waals surface area contributed by atoms with Crippen LogP contribution in [0.2, 0.25) is 0 Å². The first-order valence-corrected chi connectivity index (χ1v) is 12.4. The number of hydrazone groups is 1. The average Bonchev–Trinajstić information content (AvgIpc) is 2.98. The van der Waals surface area contributed by atoms with Crippen LogP contribution in [0, 0.1) is 0 Å². The molecule has 0 atom stereocenters. The summed E-state index contributed by atoms with van der Waals surface area (Å²) in [4.78, 5) is 13.1. The minimum absolute atomic E-state index is 0.0319. The van der Waals surface area contributed by atoms with Crippen molar-refractivity contribution in [1.82, 2.24) is 15.0 Å². The van der Waals surface area contributed by atoms with Gasteiger partial charge in [0.05, 0.1) is 23.2 Å². The molecule has 0 spiro atoms. The number of para-hydroxylation sites is 2.